The van der Waals surface area contributed by atoms with Crippen molar-refractivity contribution >= 4 is 37.9 Å². The van der Waals surface area contributed by atoms with Gasteiger partial charge >= 0.3 is 37.9 Å². The molecule has 4 aromatic rings. The van der Waals surface area contributed by atoms with Gasteiger partial charge in [0.15, 0.2) is 0 Å². The lowest BCUT2D eigenvalue weighted by atomic mass is 10.3. The predicted molar refractivity (Wildman–Crippen MR) is 144 cm³/mol. The first-order valence-electron chi connectivity index (χ1n) is 11.1. The SMILES string of the molecule is O=[P+](O)O.[CH3][Al]([O]c1ccccc1)[O]c1ccccc1.[CH3][Al]([O]c1ccccc1)[O]c1ccccc1. The topological polar surface area (TPSA) is 94.5 Å². The van der Waals surface area contributed by atoms with Crippen LogP contribution in [0.1, 0.15) is 0 Å². The second-order valence-corrected chi connectivity index (χ2v) is 10.8. The van der Waals surface area contributed by atoms with Gasteiger partial charge in [-0.15, -0.1) is 9.79 Å². The van der Waals surface area contributed by atoms with Crippen LogP contribution in [0, 0.1) is 0 Å². The van der Waals surface area contributed by atoms with Crippen molar-refractivity contribution in [3.63, 3.8) is 0 Å². The van der Waals surface area contributed by atoms with Crippen LogP contribution in [0.15, 0.2) is 121 Å². The Morgan fingerprint density at radius 2 is 0.639 bits per heavy atom. The Balaban J connectivity index is 0.000000221. The van der Waals surface area contributed by atoms with Crippen LogP contribution in [0.25, 0.3) is 0 Å². The number of rotatable bonds is 8. The summed E-state index contributed by atoms with van der Waals surface area (Å²) in [5.74, 6) is 7.52. The molecule has 0 aliphatic heterocycles. The van der Waals surface area contributed by atoms with E-state index >= 15 is 0 Å². The molecule has 0 unspecified atom stereocenters. The Bertz CT molecular complexity index is 936. The Labute approximate surface area is 222 Å². The first kappa shape index (κ1) is 29.4. The van der Waals surface area contributed by atoms with Gasteiger partial charge < -0.3 is 15.2 Å². The largest absolute Gasteiger partial charge is 0.853 e. The third-order valence-corrected chi connectivity index (χ3v) is 6.60. The van der Waals surface area contributed by atoms with Crippen molar-refractivity contribution in [2.75, 3.05) is 0 Å². The van der Waals surface area contributed by atoms with Crippen molar-refractivity contribution in [2.45, 2.75) is 11.6 Å². The van der Waals surface area contributed by atoms with Crippen LogP contribution in [0.5, 0.6) is 23.0 Å². The summed E-state index contributed by atoms with van der Waals surface area (Å²) in [4.78, 5) is 14.2. The summed E-state index contributed by atoms with van der Waals surface area (Å²) in [5.41, 5.74) is 0. The van der Waals surface area contributed by atoms with Gasteiger partial charge in [-0.25, -0.2) is 0 Å². The van der Waals surface area contributed by atoms with Crippen molar-refractivity contribution in [1.29, 1.82) is 0 Å². The molecule has 0 fully saturated rings. The quantitative estimate of drug-likeness (QED) is 0.206. The summed E-state index contributed by atoms with van der Waals surface area (Å²) in [5, 5.41) is 0. The van der Waals surface area contributed by atoms with Gasteiger partial charge in [0.05, 0.1) is 23.0 Å². The third kappa shape index (κ3) is 13.9. The van der Waals surface area contributed by atoms with E-state index in [1.165, 1.54) is 0 Å². The molecular weight excluding hydrogens is 509 g/mol. The summed E-state index contributed by atoms with van der Waals surface area (Å²) in [6, 6.07) is 39.1. The molecule has 0 aliphatic rings. The lowest BCUT2D eigenvalue weighted by Gasteiger charge is -2.13. The van der Waals surface area contributed by atoms with Gasteiger partial charge in [0, 0.05) is 4.57 Å². The fraction of sp³-hybridized carbons (Fsp3) is 0.0769. The Morgan fingerprint density at radius 1 is 0.472 bits per heavy atom. The minimum absolute atomic E-state index is 0.873. The van der Waals surface area contributed by atoms with Crippen LogP contribution < -0.4 is 15.2 Å². The first-order chi connectivity index (χ1) is 17.4. The highest BCUT2D eigenvalue weighted by molar-refractivity contribution is 7.30. The zero-order chi connectivity index (χ0) is 26.0. The second-order valence-electron chi connectivity index (χ2n) is 7.11. The van der Waals surface area contributed by atoms with Crippen molar-refractivity contribution in [3.8, 4) is 23.0 Å². The van der Waals surface area contributed by atoms with Crippen LogP contribution in [0.2, 0.25) is 11.6 Å². The molecule has 4 rings (SSSR count). The van der Waals surface area contributed by atoms with E-state index in [-0.39, 0.29) is 0 Å². The Hall–Kier alpha value is -2.84. The molecule has 184 valence electrons. The fourth-order valence-corrected chi connectivity index (χ4v) is 5.07. The fourth-order valence-electron chi connectivity index (χ4n) is 2.81. The van der Waals surface area contributed by atoms with Gasteiger partial charge in [-0.3, -0.25) is 0 Å². The van der Waals surface area contributed by atoms with Gasteiger partial charge in [-0.1, -0.05) is 72.8 Å². The number of para-hydroxylation sites is 4. The Kier molecular flexibility index (Phi) is 14.3. The normalized spacial score (nSPS) is 9.22. The summed E-state index contributed by atoms with van der Waals surface area (Å²) >= 11 is -3.31. The molecule has 0 atom stereocenters. The maximum Gasteiger partial charge on any atom is 0.853 e. The van der Waals surface area contributed by atoms with E-state index < -0.39 is 37.9 Å². The number of hydrogen-bond acceptors (Lipinski definition) is 5. The lowest BCUT2D eigenvalue weighted by Crippen LogP contribution is -2.25. The highest BCUT2D eigenvalue weighted by atomic mass is 31.1. The average molecular weight is 537 g/mol. The van der Waals surface area contributed by atoms with E-state index in [1.807, 2.05) is 133 Å². The van der Waals surface area contributed by atoms with Crippen LogP contribution >= 0.6 is 8.25 Å². The Morgan fingerprint density at radius 3 is 0.806 bits per heavy atom. The van der Waals surface area contributed by atoms with Crippen molar-refractivity contribution in [3.05, 3.63) is 121 Å². The molecule has 2 N–H and O–H groups in total. The number of hydrogen-bond donors (Lipinski definition) is 2. The molecule has 0 saturated carbocycles. The van der Waals surface area contributed by atoms with Crippen LogP contribution in [0.4, 0.5) is 0 Å². The standard InChI is InChI=1S/4C6H6O.2CH3.2Al.HO3P/c4*7-6-4-2-1-3-5-6;;;;;1-4(2)3/h4*1-5,7H;2*1H3;;;(H-,1,2,3)/q;;;;;;2*+2;/p-3. The first-order valence-corrected chi connectivity index (χ1v) is 16.5. The van der Waals surface area contributed by atoms with Gasteiger partial charge in [-0.05, 0) is 60.1 Å². The van der Waals surface area contributed by atoms with E-state index in [4.69, 9.17) is 29.5 Å². The van der Waals surface area contributed by atoms with Crippen LogP contribution in [0.3, 0.4) is 0 Å². The molecule has 0 aliphatic carbocycles. The van der Waals surface area contributed by atoms with Gasteiger partial charge in [0.2, 0.25) is 0 Å². The summed E-state index contributed by atoms with van der Waals surface area (Å²) < 4.78 is 31.6. The van der Waals surface area contributed by atoms with E-state index in [9.17, 15) is 0 Å². The third-order valence-electron chi connectivity index (χ3n) is 4.18. The summed E-state index contributed by atoms with van der Waals surface area (Å²) in [7, 11) is -2.87. The molecule has 7 nitrogen and oxygen atoms in total. The van der Waals surface area contributed by atoms with E-state index in [1.54, 1.807) is 0 Å². The lowest BCUT2D eigenvalue weighted by molar-refractivity contribution is 0.405. The molecule has 0 spiro atoms. The monoisotopic (exact) mass is 537 g/mol. The molecular formula is C26H28Al2O7P+. The van der Waals surface area contributed by atoms with E-state index in [0.717, 1.165) is 23.0 Å². The second kappa shape index (κ2) is 17.6. The van der Waals surface area contributed by atoms with Crippen molar-refractivity contribution < 1.29 is 29.5 Å². The molecule has 0 aromatic heterocycles. The average Bonchev–Trinajstić information content (AvgIpc) is 2.86. The zero-order valence-corrected chi connectivity index (χ0v) is 23.3. The summed E-state index contributed by atoms with van der Waals surface area (Å²) in [6.07, 6.45) is 0. The minimum Gasteiger partial charge on any atom is -0.612 e. The molecule has 0 radical (unpaired) electrons. The minimum atomic E-state index is -2.87. The molecule has 36 heavy (non-hydrogen) atoms. The predicted octanol–water partition coefficient (Wildman–Crippen LogP) is 6.15. The maximum absolute atomic E-state index is 8.70. The van der Waals surface area contributed by atoms with Crippen molar-refractivity contribution in [2.24, 2.45) is 0 Å². The van der Waals surface area contributed by atoms with Gasteiger partial charge in [-0.2, -0.15) is 0 Å². The zero-order valence-electron chi connectivity index (χ0n) is 20.1. The molecule has 0 amide bonds. The highest BCUT2D eigenvalue weighted by Gasteiger charge is 2.24. The molecule has 0 bridgehead atoms. The van der Waals surface area contributed by atoms with Gasteiger partial charge in [0.1, 0.15) is 0 Å². The smallest absolute Gasteiger partial charge is 0.612 e. The van der Waals surface area contributed by atoms with Crippen LogP contribution in [-0.2, 0) is 4.57 Å². The van der Waals surface area contributed by atoms with Crippen LogP contribution in [-0.4, -0.2) is 39.4 Å². The van der Waals surface area contributed by atoms with Gasteiger partial charge in [0.25, 0.3) is 0 Å². The summed E-state index contributed by atoms with van der Waals surface area (Å²) in [6.45, 7) is 0. The molecule has 0 saturated heterocycles. The van der Waals surface area contributed by atoms with E-state index in [2.05, 4.69) is 0 Å². The number of benzene rings is 4. The molecule has 0 heterocycles. The van der Waals surface area contributed by atoms with Crippen molar-refractivity contribution in [1.82, 2.24) is 0 Å². The molecule has 4 aromatic carbocycles. The molecule has 10 heteroatoms. The van der Waals surface area contributed by atoms with E-state index in [0.29, 0.717) is 0 Å². The maximum atomic E-state index is 8.70. The highest BCUT2D eigenvalue weighted by Crippen LogP contribution is 2.15.